The molecular formula is C21H28N6O2. The number of hydrogen-bond acceptors (Lipinski definition) is 6. The molecule has 0 radical (unpaired) electrons. The molecule has 2 aromatic heterocycles. The van der Waals surface area contributed by atoms with E-state index in [1.807, 2.05) is 4.90 Å². The summed E-state index contributed by atoms with van der Waals surface area (Å²) in [7, 11) is 0. The molecule has 0 N–H and O–H groups in total. The Morgan fingerprint density at radius 2 is 1.83 bits per heavy atom. The smallest absolute Gasteiger partial charge is 0.276 e. The number of likely N-dealkylation sites (tertiary alicyclic amines) is 1. The SMILES string of the molecule is Cc1nc(Cn2cc(C(=O)N3CCC4(CC3)C3CC5CC(C3)CC4C5)nn2)no1. The molecule has 0 atom stereocenters. The maximum atomic E-state index is 13.0. The molecule has 8 nitrogen and oxygen atoms in total. The van der Waals surface area contributed by atoms with Crippen molar-refractivity contribution in [3.63, 3.8) is 0 Å². The summed E-state index contributed by atoms with van der Waals surface area (Å²) in [5.74, 6) is 4.88. The number of carbonyl (C=O) groups is 1. The predicted octanol–water partition coefficient (Wildman–Crippen LogP) is 2.70. The maximum Gasteiger partial charge on any atom is 0.276 e. The number of rotatable bonds is 3. The molecule has 2 aromatic rings. The fourth-order valence-corrected chi connectivity index (χ4v) is 7.25. The van der Waals surface area contributed by atoms with E-state index in [9.17, 15) is 4.79 Å². The molecule has 0 aromatic carbocycles. The van der Waals surface area contributed by atoms with Crippen LogP contribution in [0.1, 0.15) is 67.1 Å². The van der Waals surface area contributed by atoms with Gasteiger partial charge in [-0.3, -0.25) is 4.79 Å². The molecule has 4 saturated carbocycles. The molecule has 29 heavy (non-hydrogen) atoms. The summed E-state index contributed by atoms with van der Waals surface area (Å²) in [5.41, 5.74) is 0.921. The van der Waals surface area contributed by atoms with Gasteiger partial charge in [-0.25, -0.2) is 4.68 Å². The van der Waals surface area contributed by atoms with Gasteiger partial charge in [0.05, 0.1) is 6.20 Å². The van der Waals surface area contributed by atoms with Crippen LogP contribution in [0.4, 0.5) is 0 Å². The zero-order valence-corrected chi connectivity index (χ0v) is 17.0. The minimum Gasteiger partial charge on any atom is -0.340 e. The molecule has 5 aliphatic rings. The van der Waals surface area contributed by atoms with Crippen molar-refractivity contribution in [3.8, 4) is 0 Å². The van der Waals surface area contributed by atoms with Gasteiger partial charge in [-0.1, -0.05) is 10.4 Å². The molecule has 4 aliphatic carbocycles. The third-order valence-corrected chi connectivity index (χ3v) is 8.38. The second-order valence-electron chi connectivity index (χ2n) is 9.86. The van der Waals surface area contributed by atoms with Crippen LogP contribution in [-0.2, 0) is 6.54 Å². The van der Waals surface area contributed by atoms with Gasteiger partial charge in [-0.15, -0.1) is 5.10 Å². The van der Waals surface area contributed by atoms with Crippen LogP contribution in [0.3, 0.4) is 0 Å². The van der Waals surface area contributed by atoms with Crippen molar-refractivity contribution in [1.82, 2.24) is 30.0 Å². The lowest BCUT2D eigenvalue weighted by atomic mass is 9.43. The maximum absolute atomic E-state index is 13.0. The zero-order valence-electron chi connectivity index (χ0n) is 17.0. The van der Waals surface area contributed by atoms with E-state index in [1.165, 1.54) is 44.9 Å². The van der Waals surface area contributed by atoms with E-state index in [2.05, 4.69) is 20.5 Å². The molecular weight excluding hydrogens is 368 g/mol. The largest absolute Gasteiger partial charge is 0.340 e. The summed E-state index contributed by atoms with van der Waals surface area (Å²) in [6, 6.07) is 0. The fraction of sp³-hybridized carbons (Fsp3) is 0.762. The summed E-state index contributed by atoms with van der Waals surface area (Å²) >= 11 is 0. The summed E-state index contributed by atoms with van der Waals surface area (Å²) in [5, 5.41) is 12.1. The molecule has 4 bridgehead atoms. The van der Waals surface area contributed by atoms with Crippen LogP contribution in [0.2, 0.25) is 0 Å². The fourth-order valence-electron chi connectivity index (χ4n) is 7.25. The molecule has 0 unspecified atom stereocenters. The molecule has 7 rings (SSSR count). The lowest BCUT2D eigenvalue weighted by Gasteiger charge is -2.63. The molecule has 1 aliphatic heterocycles. The minimum atomic E-state index is -0.000733. The van der Waals surface area contributed by atoms with Gasteiger partial charge in [0.25, 0.3) is 5.91 Å². The van der Waals surface area contributed by atoms with Crippen molar-refractivity contribution >= 4 is 5.91 Å². The van der Waals surface area contributed by atoms with Gasteiger partial charge in [-0.05, 0) is 74.0 Å². The quantitative estimate of drug-likeness (QED) is 0.792. The van der Waals surface area contributed by atoms with Gasteiger partial charge < -0.3 is 9.42 Å². The van der Waals surface area contributed by atoms with Crippen LogP contribution < -0.4 is 0 Å². The van der Waals surface area contributed by atoms with Crippen LogP contribution in [-0.4, -0.2) is 49.0 Å². The molecule has 1 spiro atoms. The van der Waals surface area contributed by atoms with Crippen molar-refractivity contribution in [2.45, 2.75) is 58.4 Å². The molecule has 1 amide bonds. The lowest BCUT2D eigenvalue weighted by Crippen LogP contribution is -2.57. The summed E-state index contributed by atoms with van der Waals surface area (Å²) in [4.78, 5) is 19.2. The van der Waals surface area contributed by atoms with Crippen LogP contribution in [0, 0.1) is 36.0 Å². The van der Waals surface area contributed by atoms with Crippen molar-refractivity contribution in [1.29, 1.82) is 0 Å². The van der Waals surface area contributed by atoms with E-state index in [1.54, 1.807) is 17.8 Å². The second kappa shape index (κ2) is 6.37. The first-order valence-electron chi connectivity index (χ1n) is 11.1. The van der Waals surface area contributed by atoms with E-state index in [4.69, 9.17) is 4.52 Å². The number of nitrogens with zero attached hydrogens (tertiary/aromatic N) is 6. The normalized spacial score (nSPS) is 32.2. The Bertz CT molecular complexity index is 895. The van der Waals surface area contributed by atoms with Crippen molar-refractivity contribution in [2.24, 2.45) is 29.1 Å². The van der Waals surface area contributed by atoms with Crippen LogP contribution >= 0.6 is 0 Å². The number of amides is 1. The van der Waals surface area contributed by atoms with E-state index in [0.717, 1.165) is 36.8 Å². The summed E-state index contributed by atoms with van der Waals surface area (Å²) in [6.07, 6.45) is 11.3. The van der Waals surface area contributed by atoms with Crippen molar-refractivity contribution in [3.05, 3.63) is 23.6 Å². The van der Waals surface area contributed by atoms with Gasteiger partial charge in [0, 0.05) is 20.0 Å². The average molecular weight is 396 g/mol. The highest BCUT2D eigenvalue weighted by Gasteiger charge is 2.57. The number of piperidine rings is 1. The Kier molecular flexibility index (Phi) is 3.87. The van der Waals surface area contributed by atoms with E-state index in [-0.39, 0.29) is 5.91 Å². The van der Waals surface area contributed by atoms with E-state index in [0.29, 0.717) is 29.4 Å². The first kappa shape index (κ1) is 17.6. The third kappa shape index (κ3) is 2.82. The first-order valence-corrected chi connectivity index (χ1v) is 11.1. The molecule has 1 saturated heterocycles. The number of hydrogen-bond donors (Lipinski definition) is 0. The summed E-state index contributed by atoms with van der Waals surface area (Å²) < 4.78 is 6.58. The highest BCUT2D eigenvalue weighted by Crippen LogP contribution is 2.65. The Hall–Kier alpha value is -2.25. The predicted molar refractivity (Wildman–Crippen MR) is 103 cm³/mol. The average Bonchev–Trinajstić information content (AvgIpc) is 3.35. The van der Waals surface area contributed by atoms with Crippen molar-refractivity contribution < 1.29 is 9.32 Å². The Balaban J connectivity index is 1.12. The zero-order chi connectivity index (χ0) is 19.6. The first-order chi connectivity index (χ1) is 14.1. The van der Waals surface area contributed by atoms with Crippen LogP contribution in [0.25, 0.3) is 0 Å². The van der Waals surface area contributed by atoms with Gasteiger partial charge in [0.2, 0.25) is 5.89 Å². The number of aromatic nitrogens is 5. The van der Waals surface area contributed by atoms with Crippen LogP contribution in [0.5, 0.6) is 0 Å². The van der Waals surface area contributed by atoms with Crippen LogP contribution in [0.15, 0.2) is 10.7 Å². The van der Waals surface area contributed by atoms with E-state index >= 15 is 0 Å². The Morgan fingerprint density at radius 1 is 1.14 bits per heavy atom. The third-order valence-electron chi connectivity index (χ3n) is 8.38. The molecule has 3 heterocycles. The van der Waals surface area contributed by atoms with Gasteiger partial charge in [0.1, 0.15) is 6.54 Å². The standard InChI is InChI=1S/C21H28N6O2/c1-13-22-19(24-29-13)12-27-11-18(23-25-27)20(28)26-4-2-21(3-5-26)16-7-14-6-15(9-16)10-17(21)8-14/h11,14-17H,2-10,12H2,1H3. The highest BCUT2D eigenvalue weighted by atomic mass is 16.5. The van der Waals surface area contributed by atoms with Gasteiger partial charge >= 0.3 is 0 Å². The second-order valence-corrected chi connectivity index (χ2v) is 9.86. The lowest BCUT2D eigenvalue weighted by molar-refractivity contribution is -0.132. The number of carbonyl (C=O) groups excluding carboxylic acids is 1. The number of aryl methyl sites for hydroxylation is 1. The Morgan fingerprint density at radius 3 is 2.45 bits per heavy atom. The molecule has 8 heteroatoms. The van der Waals surface area contributed by atoms with Gasteiger partial charge in [0.15, 0.2) is 11.5 Å². The van der Waals surface area contributed by atoms with Gasteiger partial charge in [-0.2, -0.15) is 4.98 Å². The molecule has 5 fully saturated rings. The minimum absolute atomic E-state index is 0.000733. The highest BCUT2D eigenvalue weighted by molar-refractivity contribution is 5.92. The monoisotopic (exact) mass is 396 g/mol. The topological polar surface area (TPSA) is 89.9 Å². The van der Waals surface area contributed by atoms with E-state index < -0.39 is 0 Å². The Labute approximate surface area is 170 Å². The van der Waals surface area contributed by atoms with Crippen molar-refractivity contribution in [2.75, 3.05) is 13.1 Å². The summed E-state index contributed by atoms with van der Waals surface area (Å²) in [6.45, 7) is 3.82. The molecule has 154 valence electrons.